The second-order valence-corrected chi connectivity index (χ2v) is 8.35. The van der Waals surface area contributed by atoms with Gasteiger partial charge in [-0.25, -0.2) is 0 Å². The Kier molecular flexibility index (Phi) is 4.29. The van der Waals surface area contributed by atoms with E-state index >= 15 is 0 Å². The summed E-state index contributed by atoms with van der Waals surface area (Å²) in [6, 6.07) is 3.79. The number of fused-ring (bicyclic) bond motifs is 1. The van der Waals surface area contributed by atoms with Gasteiger partial charge >= 0.3 is 11.9 Å². The first kappa shape index (κ1) is 17.5. The van der Waals surface area contributed by atoms with Crippen molar-refractivity contribution in [3.8, 4) is 0 Å². The zero-order valence-electron chi connectivity index (χ0n) is 14.6. The Morgan fingerprint density at radius 1 is 1.27 bits per heavy atom. The topological polar surface area (TPSA) is 81.7 Å². The van der Waals surface area contributed by atoms with Crippen molar-refractivity contribution < 1.29 is 23.9 Å². The van der Waals surface area contributed by atoms with Crippen LogP contribution in [0.4, 0.5) is 5.69 Å². The van der Waals surface area contributed by atoms with E-state index in [9.17, 15) is 14.4 Å². The molecular weight excluding hydrogens is 402 g/mol. The number of halogens is 1. The predicted molar refractivity (Wildman–Crippen MR) is 96.3 cm³/mol. The van der Waals surface area contributed by atoms with E-state index in [1.807, 2.05) is 26.0 Å². The summed E-state index contributed by atoms with van der Waals surface area (Å²) in [6.45, 7) is 3.47. The molecule has 0 radical (unpaired) electrons. The Bertz CT molecular complexity index is 805. The van der Waals surface area contributed by atoms with Crippen molar-refractivity contribution >= 4 is 39.5 Å². The van der Waals surface area contributed by atoms with Crippen molar-refractivity contribution in [2.45, 2.75) is 32.8 Å². The summed E-state index contributed by atoms with van der Waals surface area (Å²) in [5, 5.41) is 2.77. The molecule has 2 saturated carbocycles. The summed E-state index contributed by atoms with van der Waals surface area (Å²) in [5.74, 6) is -1.70. The largest absolute Gasteiger partial charge is 0.462 e. The number of aryl methyl sites for hydroxylation is 2. The summed E-state index contributed by atoms with van der Waals surface area (Å²) in [5.41, 5.74) is 2.60. The van der Waals surface area contributed by atoms with Crippen LogP contribution in [0.5, 0.6) is 0 Å². The lowest BCUT2D eigenvalue weighted by Crippen LogP contribution is -2.35. The van der Waals surface area contributed by atoms with E-state index in [-0.39, 0.29) is 36.4 Å². The first-order chi connectivity index (χ1) is 12.3. The molecular formula is C19H20BrNO5. The number of hydrogen-bond acceptors (Lipinski definition) is 5. The molecule has 4 rings (SSSR count). The maximum atomic E-state index is 12.5. The lowest BCUT2D eigenvalue weighted by Gasteiger charge is -2.22. The number of esters is 2. The highest BCUT2D eigenvalue weighted by Crippen LogP contribution is 2.57. The Hall–Kier alpha value is -1.89. The number of carbonyl (C=O) groups excluding carboxylic acids is 3. The lowest BCUT2D eigenvalue weighted by molar-refractivity contribution is -0.157. The molecule has 2 aliphatic carbocycles. The van der Waals surface area contributed by atoms with Crippen LogP contribution in [0.25, 0.3) is 0 Å². The zero-order valence-corrected chi connectivity index (χ0v) is 16.2. The Morgan fingerprint density at radius 2 is 2.04 bits per heavy atom. The SMILES string of the molecule is Cc1cc(NC(=O)COC(=O)[C@@H]2[C@@H]3C[C@@H]4[C@H]2C(=O)O[C@@H]4C3)c(C)cc1Br. The number of nitrogens with one attached hydrogen (secondary N) is 1. The van der Waals surface area contributed by atoms with Gasteiger partial charge in [0.1, 0.15) is 6.10 Å². The Labute approximate surface area is 159 Å². The monoisotopic (exact) mass is 421 g/mol. The number of amides is 1. The average Bonchev–Trinajstić information content (AvgIpc) is 3.19. The second kappa shape index (κ2) is 6.37. The van der Waals surface area contributed by atoms with Crippen molar-refractivity contribution in [1.82, 2.24) is 0 Å². The quantitative estimate of drug-likeness (QED) is 0.755. The predicted octanol–water partition coefficient (Wildman–Crippen LogP) is 2.75. The minimum absolute atomic E-state index is 0.0199. The molecule has 2 bridgehead atoms. The molecule has 6 nitrogen and oxygen atoms in total. The van der Waals surface area contributed by atoms with E-state index in [0.29, 0.717) is 5.69 Å². The molecule has 1 heterocycles. The van der Waals surface area contributed by atoms with Gasteiger partial charge in [-0.15, -0.1) is 0 Å². The fraction of sp³-hybridized carbons (Fsp3) is 0.526. The van der Waals surface area contributed by atoms with E-state index in [0.717, 1.165) is 28.4 Å². The highest BCUT2D eigenvalue weighted by molar-refractivity contribution is 9.10. The smallest absolute Gasteiger partial charge is 0.310 e. The van der Waals surface area contributed by atoms with Gasteiger partial charge < -0.3 is 14.8 Å². The number of ether oxygens (including phenoxy) is 2. The van der Waals surface area contributed by atoms with Crippen LogP contribution in [0.1, 0.15) is 24.0 Å². The molecule has 7 heteroatoms. The molecule has 1 amide bonds. The van der Waals surface area contributed by atoms with E-state index in [2.05, 4.69) is 21.2 Å². The molecule has 3 fully saturated rings. The minimum Gasteiger partial charge on any atom is -0.462 e. The molecule has 3 aliphatic rings. The van der Waals surface area contributed by atoms with E-state index in [1.54, 1.807) is 0 Å². The molecule has 0 spiro atoms. The van der Waals surface area contributed by atoms with Crippen LogP contribution in [-0.4, -0.2) is 30.6 Å². The summed E-state index contributed by atoms with van der Waals surface area (Å²) in [7, 11) is 0. The van der Waals surface area contributed by atoms with Crippen LogP contribution < -0.4 is 5.32 Å². The van der Waals surface area contributed by atoms with Crippen molar-refractivity contribution in [3.63, 3.8) is 0 Å². The number of carbonyl (C=O) groups is 3. The molecule has 0 unspecified atom stereocenters. The zero-order chi connectivity index (χ0) is 18.6. The number of hydrogen-bond donors (Lipinski definition) is 1. The van der Waals surface area contributed by atoms with Gasteiger partial charge in [0.2, 0.25) is 0 Å². The molecule has 1 saturated heterocycles. The normalized spacial score (nSPS) is 31.0. The van der Waals surface area contributed by atoms with E-state index in [4.69, 9.17) is 9.47 Å². The average molecular weight is 422 g/mol. The second-order valence-electron chi connectivity index (χ2n) is 7.49. The highest BCUT2D eigenvalue weighted by atomic mass is 79.9. The molecule has 1 N–H and O–H groups in total. The third kappa shape index (κ3) is 2.82. The van der Waals surface area contributed by atoms with Crippen LogP contribution in [0.2, 0.25) is 0 Å². The number of rotatable bonds is 4. The lowest BCUT2D eigenvalue weighted by atomic mass is 9.80. The van der Waals surface area contributed by atoms with Gasteiger partial charge in [-0.1, -0.05) is 15.9 Å². The minimum atomic E-state index is -0.462. The third-order valence-electron chi connectivity index (χ3n) is 5.88. The van der Waals surface area contributed by atoms with Crippen molar-refractivity contribution in [1.29, 1.82) is 0 Å². The van der Waals surface area contributed by atoms with Crippen molar-refractivity contribution in [3.05, 3.63) is 27.7 Å². The summed E-state index contributed by atoms with van der Waals surface area (Å²) < 4.78 is 11.5. The molecule has 5 atom stereocenters. The maximum Gasteiger partial charge on any atom is 0.310 e. The van der Waals surface area contributed by atoms with Crippen LogP contribution in [0.3, 0.4) is 0 Å². The first-order valence-electron chi connectivity index (χ1n) is 8.79. The molecule has 0 aromatic heterocycles. The van der Waals surface area contributed by atoms with Crippen molar-refractivity contribution in [2.75, 3.05) is 11.9 Å². The van der Waals surface area contributed by atoms with Gasteiger partial charge in [-0.05, 0) is 55.9 Å². The van der Waals surface area contributed by atoms with Gasteiger partial charge in [-0.2, -0.15) is 0 Å². The third-order valence-corrected chi connectivity index (χ3v) is 6.73. The Balaban J connectivity index is 1.36. The van der Waals surface area contributed by atoms with Crippen LogP contribution in [-0.2, 0) is 23.9 Å². The van der Waals surface area contributed by atoms with Gasteiger partial charge in [0.25, 0.3) is 5.91 Å². The van der Waals surface area contributed by atoms with Gasteiger partial charge in [0.15, 0.2) is 6.61 Å². The fourth-order valence-electron chi connectivity index (χ4n) is 4.66. The maximum absolute atomic E-state index is 12.5. The van der Waals surface area contributed by atoms with Gasteiger partial charge in [0, 0.05) is 16.1 Å². The number of anilines is 1. The van der Waals surface area contributed by atoms with Crippen LogP contribution >= 0.6 is 15.9 Å². The number of benzene rings is 1. The molecule has 1 aliphatic heterocycles. The highest BCUT2D eigenvalue weighted by Gasteiger charge is 2.64. The Morgan fingerprint density at radius 3 is 2.81 bits per heavy atom. The molecule has 26 heavy (non-hydrogen) atoms. The van der Waals surface area contributed by atoms with Gasteiger partial charge in [0.05, 0.1) is 11.8 Å². The van der Waals surface area contributed by atoms with Crippen LogP contribution in [0.15, 0.2) is 16.6 Å². The standard InChI is InChI=1S/C19H20BrNO5/c1-8-4-13(9(2)3-12(8)20)21-15(22)7-25-18(23)16-10-5-11-14(6-10)26-19(24)17(11)16/h3-4,10-11,14,16-17H,5-7H2,1-2H3,(H,21,22)/t10-,11+,14-,16-,17-/m1/s1. The van der Waals surface area contributed by atoms with E-state index < -0.39 is 17.8 Å². The van der Waals surface area contributed by atoms with Gasteiger partial charge in [-0.3, -0.25) is 14.4 Å². The molecule has 138 valence electrons. The fourth-order valence-corrected chi connectivity index (χ4v) is 5.12. The van der Waals surface area contributed by atoms with Crippen LogP contribution in [0, 0.1) is 37.5 Å². The summed E-state index contributed by atoms with van der Waals surface area (Å²) in [6.07, 6.45) is 1.55. The molecule has 1 aromatic carbocycles. The summed E-state index contributed by atoms with van der Waals surface area (Å²) >= 11 is 3.45. The van der Waals surface area contributed by atoms with Crippen molar-refractivity contribution in [2.24, 2.45) is 23.7 Å². The summed E-state index contributed by atoms with van der Waals surface area (Å²) in [4.78, 5) is 36.6. The molecule has 1 aromatic rings. The van der Waals surface area contributed by atoms with E-state index in [1.165, 1.54) is 0 Å². The first-order valence-corrected chi connectivity index (χ1v) is 9.58.